The van der Waals surface area contributed by atoms with Crippen molar-refractivity contribution in [3.8, 4) is 5.69 Å². The van der Waals surface area contributed by atoms with Gasteiger partial charge in [-0.05, 0) is 12.1 Å². The van der Waals surface area contributed by atoms with Crippen LogP contribution >= 0.6 is 11.8 Å². The number of rotatable bonds is 2. The monoisotopic (exact) mass is 343 g/mol. The average Bonchev–Trinajstić information content (AvgIpc) is 2.74. The molecule has 0 fully saturated rings. The lowest BCUT2D eigenvalue weighted by atomic mass is 10.1. The summed E-state index contributed by atoms with van der Waals surface area (Å²) in [4.78, 5) is 37.1. The number of hydrogen-bond donors (Lipinski definition) is 2. The lowest BCUT2D eigenvalue weighted by molar-refractivity contribution is 0.0880. The molecule has 3 rings (SSSR count). The molecule has 1 aliphatic rings. The number of fused-ring (bicyclic) bond motifs is 1. The van der Waals surface area contributed by atoms with Crippen molar-refractivity contribution >= 4 is 29.4 Å². The fraction of sp³-hybridized carbons (Fsp3) is 0.235. The van der Waals surface area contributed by atoms with Crippen LogP contribution in [-0.2, 0) is 0 Å². The van der Waals surface area contributed by atoms with Crippen molar-refractivity contribution in [2.45, 2.75) is 30.4 Å². The third-order valence-electron chi connectivity index (χ3n) is 3.48. The minimum absolute atomic E-state index is 0.0252. The number of aromatic nitrogens is 1. The van der Waals surface area contributed by atoms with Crippen LogP contribution in [0.5, 0.6) is 0 Å². The third kappa shape index (κ3) is 2.71. The molecule has 2 amide bonds. The Hall–Kier alpha value is -2.54. The highest BCUT2D eigenvalue weighted by Crippen LogP contribution is 2.36. The molecule has 1 aromatic carbocycles. The minimum Gasteiger partial charge on any atom is -0.384 e. The van der Waals surface area contributed by atoms with Gasteiger partial charge in [-0.1, -0.05) is 32.9 Å². The highest BCUT2D eigenvalue weighted by atomic mass is 32.2. The van der Waals surface area contributed by atoms with Crippen LogP contribution in [-0.4, -0.2) is 21.1 Å². The number of pyridine rings is 1. The predicted molar refractivity (Wildman–Crippen MR) is 93.9 cm³/mol. The van der Waals surface area contributed by atoms with Gasteiger partial charge in [-0.15, -0.1) is 11.8 Å². The summed E-state index contributed by atoms with van der Waals surface area (Å²) in [7, 11) is 0. The molecule has 0 bridgehead atoms. The van der Waals surface area contributed by atoms with Crippen molar-refractivity contribution in [1.82, 2.24) is 9.88 Å². The van der Waals surface area contributed by atoms with Crippen molar-refractivity contribution in [1.29, 1.82) is 0 Å². The fourth-order valence-corrected chi connectivity index (χ4v) is 3.66. The Morgan fingerprint density at radius 2 is 1.75 bits per heavy atom. The van der Waals surface area contributed by atoms with E-state index in [0.717, 1.165) is 11.0 Å². The van der Waals surface area contributed by atoms with Gasteiger partial charge in [0.2, 0.25) is 0 Å². The molecular formula is C17H17N3O3S. The molecule has 0 atom stereocenters. The molecule has 0 radical (unpaired) electrons. The fourth-order valence-electron chi connectivity index (χ4n) is 2.59. The van der Waals surface area contributed by atoms with Crippen LogP contribution in [0.4, 0.5) is 5.82 Å². The van der Waals surface area contributed by atoms with Gasteiger partial charge in [0, 0.05) is 15.7 Å². The Balaban J connectivity index is 2.26. The van der Waals surface area contributed by atoms with Crippen LogP contribution in [0.1, 0.15) is 41.5 Å². The van der Waals surface area contributed by atoms with Gasteiger partial charge in [0.25, 0.3) is 17.4 Å². The van der Waals surface area contributed by atoms with Crippen LogP contribution in [0.15, 0.2) is 40.0 Å². The number of nitrogens with zero attached hydrogens (tertiary/aromatic N) is 1. The van der Waals surface area contributed by atoms with E-state index in [9.17, 15) is 14.4 Å². The van der Waals surface area contributed by atoms with E-state index in [1.807, 2.05) is 12.1 Å². The number of thioether (sulfide) groups is 1. The number of carbonyl (C=O) groups is 2. The quantitative estimate of drug-likeness (QED) is 0.644. The molecular weight excluding hydrogens is 326 g/mol. The smallest absolute Gasteiger partial charge is 0.262 e. The summed E-state index contributed by atoms with van der Waals surface area (Å²) in [6, 6.07) is 8.50. The second kappa shape index (κ2) is 5.52. The van der Waals surface area contributed by atoms with E-state index in [4.69, 9.17) is 5.73 Å². The molecule has 0 unspecified atom stereocenters. The Labute approximate surface area is 143 Å². The van der Waals surface area contributed by atoms with E-state index in [1.54, 1.807) is 23.9 Å². The topological polar surface area (TPSA) is 94.2 Å². The molecule has 0 aliphatic carbocycles. The van der Waals surface area contributed by atoms with Crippen molar-refractivity contribution in [2.24, 2.45) is 0 Å². The first-order valence-corrected chi connectivity index (χ1v) is 8.20. The van der Waals surface area contributed by atoms with Crippen molar-refractivity contribution in [3.63, 3.8) is 0 Å². The number of nitrogen functional groups attached to an aromatic ring is 1. The van der Waals surface area contributed by atoms with E-state index in [-0.39, 0.29) is 21.7 Å². The summed E-state index contributed by atoms with van der Waals surface area (Å²) in [6.45, 7) is 6.19. The number of carbonyl (C=O) groups excluding carboxylic acids is 2. The molecule has 1 aliphatic heterocycles. The summed E-state index contributed by atoms with van der Waals surface area (Å²) in [5, 5.41) is 2.17. The number of benzene rings is 1. The molecule has 2 aromatic rings. The highest BCUT2D eigenvalue weighted by Gasteiger charge is 2.32. The summed E-state index contributed by atoms with van der Waals surface area (Å²) in [6.07, 6.45) is 0. The molecule has 7 heteroatoms. The molecule has 0 saturated carbocycles. The lowest BCUT2D eigenvalue weighted by Gasteiger charge is -2.21. The largest absolute Gasteiger partial charge is 0.384 e. The van der Waals surface area contributed by atoms with Gasteiger partial charge >= 0.3 is 0 Å². The van der Waals surface area contributed by atoms with E-state index in [2.05, 4.69) is 26.1 Å². The van der Waals surface area contributed by atoms with Crippen molar-refractivity contribution < 1.29 is 9.59 Å². The summed E-state index contributed by atoms with van der Waals surface area (Å²) in [5.74, 6) is -1.20. The highest BCUT2D eigenvalue weighted by molar-refractivity contribution is 8.00. The first-order chi connectivity index (χ1) is 11.2. The number of amides is 2. The molecule has 3 N–H and O–H groups in total. The zero-order chi connectivity index (χ0) is 17.6. The first-order valence-electron chi connectivity index (χ1n) is 7.38. The van der Waals surface area contributed by atoms with Crippen LogP contribution in [0.3, 0.4) is 0 Å². The van der Waals surface area contributed by atoms with E-state index < -0.39 is 17.4 Å². The minimum atomic E-state index is -0.594. The Morgan fingerprint density at radius 3 is 2.42 bits per heavy atom. The van der Waals surface area contributed by atoms with Gasteiger partial charge in [-0.25, -0.2) is 0 Å². The number of nitrogens with one attached hydrogen (secondary N) is 1. The lowest BCUT2D eigenvalue weighted by Crippen LogP contribution is -2.24. The number of hydrogen-bond acceptors (Lipinski definition) is 5. The Morgan fingerprint density at radius 1 is 1.08 bits per heavy atom. The summed E-state index contributed by atoms with van der Waals surface area (Å²) in [5.41, 5.74) is 6.32. The Kier molecular flexibility index (Phi) is 3.76. The van der Waals surface area contributed by atoms with Gasteiger partial charge in [0.15, 0.2) is 0 Å². The average molecular weight is 343 g/mol. The first kappa shape index (κ1) is 16.3. The zero-order valence-electron chi connectivity index (χ0n) is 13.5. The standard InChI is InChI=1S/C17H17N3O3S/c1-17(2,3)24-11-7-5-4-6-10(11)20-12(21)8-9-13(14(20)18)16(23)19-15(9)22/h4-8H,18H2,1-3H3,(H,19,22,23). The maximum absolute atomic E-state index is 12.6. The van der Waals surface area contributed by atoms with Crippen LogP contribution < -0.4 is 16.6 Å². The molecule has 1 aromatic heterocycles. The van der Waals surface area contributed by atoms with Crippen LogP contribution in [0, 0.1) is 0 Å². The van der Waals surface area contributed by atoms with Crippen molar-refractivity contribution in [2.75, 3.05) is 5.73 Å². The predicted octanol–water partition coefficient (Wildman–Crippen LogP) is 2.19. The maximum atomic E-state index is 12.6. The number of para-hydroxylation sites is 1. The zero-order valence-corrected chi connectivity index (χ0v) is 14.4. The molecule has 0 spiro atoms. The van der Waals surface area contributed by atoms with Crippen LogP contribution in [0.25, 0.3) is 5.69 Å². The summed E-state index contributed by atoms with van der Waals surface area (Å²) < 4.78 is 1.21. The third-order valence-corrected chi connectivity index (χ3v) is 4.65. The number of imide groups is 1. The SMILES string of the molecule is CC(C)(C)Sc1ccccc1-n1c(N)c2c(cc1=O)C(=O)NC2=O. The van der Waals surface area contributed by atoms with Gasteiger partial charge in [0.05, 0.1) is 16.8 Å². The van der Waals surface area contributed by atoms with E-state index in [1.165, 1.54) is 4.57 Å². The van der Waals surface area contributed by atoms with Gasteiger partial charge in [-0.3, -0.25) is 24.3 Å². The molecule has 24 heavy (non-hydrogen) atoms. The molecule has 6 nitrogen and oxygen atoms in total. The second-order valence-corrected chi connectivity index (χ2v) is 8.33. The second-order valence-electron chi connectivity index (χ2n) is 6.46. The Bertz CT molecular complexity index is 926. The van der Waals surface area contributed by atoms with Gasteiger partial charge in [-0.2, -0.15) is 0 Å². The van der Waals surface area contributed by atoms with E-state index in [0.29, 0.717) is 5.69 Å². The summed E-state index contributed by atoms with van der Waals surface area (Å²) >= 11 is 1.59. The van der Waals surface area contributed by atoms with Gasteiger partial charge in [0.1, 0.15) is 5.82 Å². The molecule has 2 heterocycles. The number of anilines is 1. The normalized spacial score (nSPS) is 13.8. The maximum Gasteiger partial charge on any atom is 0.262 e. The molecule has 0 saturated heterocycles. The van der Waals surface area contributed by atoms with Crippen molar-refractivity contribution in [3.05, 3.63) is 51.8 Å². The number of nitrogens with two attached hydrogens (primary N) is 1. The van der Waals surface area contributed by atoms with Gasteiger partial charge < -0.3 is 5.73 Å². The molecule has 124 valence electrons. The van der Waals surface area contributed by atoms with Crippen LogP contribution in [0.2, 0.25) is 0 Å². The van der Waals surface area contributed by atoms with E-state index >= 15 is 0 Å².